The van der Waals surface area contributed by atoms with Crippen molar-refractivity contribution in [3.05, 3.63) is 29.8 Å². The van der Waals surface area contributed by atoms with Gasteiger partial charge < -0.3 is 15.4 Å². The van der Waals surface area contributed by atoms with Gasteiger partial charge in [0.05, 0.1) is 5.60 Å². The molecule has 2 amide bonds. The van der Waals surface area contributed by atoms with Crippen LogP contribution in [0.1, 0.15) is 38.1 Å². The summed E-state index contributed by atoms with van der Waals surface area (Å²) in [6.45, 7) is 8.27. The Balaban J connectivity index is 2.48. The summed E-state index contributed by atoms with van der Waals surface area (Å²) in [7, 11) is 0. The predicted octanol–water partition coefficient (Wildman–Crippen LogP) is 2.83. The van der Waals surface area contributed by atoms with E-state index >= 15 is 0 Å². The molecule has 5 heteroatoms. The summed E-state index contributed by atoms with van der Waals surface area (Å²) in [5, 5.41) is 5.46. The lowest BCUT2D eigenvalue weighted by Crippen LogP contribution is -2.42. The molecule has 0 radical (unpaired) electrons. The maximum Gasteiger partial charge on any atom is 0.319 e. The predicted molar refractivity (Wildman–Crippen MR) is 79.2 cm³/mol. The molecule has 2 N–H and O–H groups in total. The summed E-state index contributed by atoms with van der Waals surface area (Å²) in [6.07, 6.45) is 0. The van der Waals surface area contributed by atoms with Crippen LogP contribution in [0.5, 0.6) is 0 Å². The van der Waals surface area contributed by atoms with Crippen LogP contribution < -0.4 is 10.6 Å². The first-order chi connectivity index (χ1) is 9.34. The Labute approximate surface area is 119 Å². The molecule has 0 saturated heterocycles. The van der Waals surface area contributed by atoms with E-state index in [-0.39, 0.29) is 11.8 Å². The van der Waals surface area contributed by atoms with Gasteiger partial charge in [-0.05, 0) is 52.0 Å². The van der Waals surface area contributed by atoms with Crippen LogP contribution in [0.4, 0.5) is 10.5 Å². The van der Waals surface area contributed by atoms with Gasteiger partial charge in [-0.15, -0.1) is 0 Å². The third-order valence-electron chi connectivity index (χ3n) is 2.76. The largest absolute Gasteiger partial charge is 0.374 e. The average molecular weight is 278 g/mol. The highest BCUT2D eigenvalue weighted by atomic mass is 16.5. The van der Waals surface area contributed by atoms with Gasteiger partial charge in [-0.1, -0.05) is 0 Å². The number of amides is 2. The Morgan fingerprint density at radius 2 is 1.80 bits per heavy atom. The zero-order chi connectivity index (χ0) is 15.2. The summed E-state index contributed by atoms with van der Waals surface area (Å²) in [6, 6.07) is 6.46. The molecule has 1 aromatic rings. The van der Waals surface area contributed by atoms with Gasteiger partial charge in [0, 0.05) is 24.4 Å². The number of nitrogens with one attached hydrogen (secondary N) is 2. The number of ether oxygens (including phenoxy) is 1. The van der Waals surface area contributed by atoms with E-state index < -0.39 is 5.60 Å². The molecule has 0 aliphatic heterocycles. The molecular formula is C15H22N2O3. The van der Waals surface area contributed by atoms with Crippen LogP contribution in [0.2, 0.25) is 0 Å². The van der Waals surface area contributed by atoms with Gasteiger partial charge in [0.15, 0.2) is 5.78 Å². The summed E-state index contributed by atoms with van der Waals surface area (Å²) < 4.78 is 5.49. The van der Waals surface area contributed by atoms with Crippen LogP contribution in [0.25, 0.3) is 0 Å². The number of hydrogen-bond donors (Lipinski definition) is 2. The fourth-order valence-electron chi connectivity index (χ4n) is 1.70. The third-order valence-corrected chi connectivity index (χ3v) is 2.76. The van der Waals surface area contributed by atoms with Crippen LogP contribution in [0.15, 0.2) is 24.3 Å². The molecule has 0 saturated carbocycles. The first-order valence-electron chi connectivity index (χ1n) is 6.64. The van der Waals surface area contributed by atoms with Gasteiger partial charge in [0.2, 0.25) is 0 Å². The molecular weight excluding hydrogens is 256 g/mol. The third kappa shape index (κ3) is 5.40. The molecule has 0 spiro atoms. The Kier molecular flexibility index (Phi) is 5.70. The first kappa shape index (κ1) is 16.2. The average Bonchev–Trinajstić information content (AvgIpc) is 2.37. The van der Waals surface area contributed by atoms with Crippen molar-refractivity contribution in [2.45, 2.75) is 33.3 Å². The molecule has 0 aromatic heterocycles. The second-order valence-electron chi connectivity index (χ2n) is 5.13. The molecule has 0 fully saturated rings. The number of rotatable bonds is 6. The molecule has 5 nitrogen and oxygen atoms in total. The molecule has 0 aliphatic carbocycles. The van der Waals surface area contributed by atoms with Crippen LogP contribution in [0, 0.1) is 0 Å². The lowest BCUT2D eigenvalue weighted by Gasteiger charge is -2.24. The highest BCUT2D eigenvalue weighted by Gasteiger charge is 2.18. The number of hydrogen-bond acceptors (Lipinski definition) is 3. The number of carbonyl (C=O) groups is 2. The Morgan fingerprint density at radius 1 is 1.20 bits per heavy atom. The van der Waals surface area contributed by atoms with Crippen molar-refractivity contribution < 1.29 is 14.3 Å². The second kappa shape index (κ2) is 7.05. The highest BCUT2D eigenvalue weighted by molar-refractivity contribution is 5.95. The number of benzene rings is 1. The van der Waals surface area contributed by atoms with Gasteiger partial charge in [0.1, 0.15) is 0 Å². The monoisotopic (exact) mass is 278 g/mol. The topological polar surface area (TPSA) is 67.4 Å². The zero-order valence-corrected chi connectivity index (χ0v) is 12.4. The molecule has 0 bridgehead atoms. The smallest absolute Gasteiger partial charge is 0.319 e. The van der Waals surface area contributed by atoms with Gasteiger partial charge in [0.25, 0.3) is 0 Å². The van der Waals surface area contributed by atoms with E-state index in [4.69, 9.17) is 4.74 Å². The summed E-state index contributed by atoms with van der Waals surface area (Å²) >= 11 is 0. The highest BCUT2D eigenvalue weighted by Crippen LogP contribution is 2.10. The Morgan fingerprint density at radius 3 is 2.30 bits per heavy atom. The summed E-state index contributed by atoms with van der Waals surface area (Å²) in [5.74, 6) is -0.000495. The number of urea groups is 1. The minimum Gasteiger partial charge on any atom is -0.374 e. The van der Waals surface area contributed by atoms with E-state index in [2.05, 4.69) is 10.6 Å². The zero-order valence-electron chi connectivity index (χ0n) is 12.4. The summed E-state index contributed by atoms with van der Waals surface area (Å²) in [5.41, 5.74) is 0.861. The minimum absolute atomic E-state index is 0.000495. The van der Waals surface area contributed by atoms with E-state index in [0.717, 1.165) is 0 Å². The van der Waals surface area contributed by atoms with Crippen molar-refractivity contribution in [2.24, 2.45) is 0 Å². The maximum absolute atomic E-state index is 11.7. The minimum atomic E-state index is -0.398. The molecule has 0 heterocycles. The van der Waals surface area contributed by atoms with Crippen LogP contribution in [-0.4, -0.2) is 30.6 Å². The van der Waals surface area contributed by atoms with E-state index in [1.54, 1.807) is 24.3 Å². The van der Waals surface area contributed by atoms with Crippen molar-refractivity contribution in [3.8, 4) is 0 Å². The van der Waals surface area contributed by atoms with Crippen LogP contribution in [0.3, 0.4) is 0 Å². The molecule has 20 heavy (non-hydrogen) atoms. The second-order valence-corrected chi connectivity index (χ2v) is 5.13. The number of ketones is 1. The van der Waals surface area contributed by atoms with E-state index in [0.29, 0.717) is 24.4 Å². The van der Waals surface area contributed by atoms with Gasteiger partial charge in [-0.2, -0.15) is 0 Å². The molecule has 0 atom stereocenters. The van der Waals surface area contributed by atoms with Crippen LogP contribution in [-0.2, 0) is 4.74 Å². The molecule has 0 aliphatic rings. The Bertz CT molecular complexity index is 467. The fraction of sp³-hybridized carbons (Fsp3) is 0.467. The van der Waals surface area contributed by atoms with Crippen molar-refractivity contribution >= 4 is 17.5 Å². The van der Waals surface area contributed by atoms with Gasteiger partial charge >= 0.3 is 6.03 Å². The standard InChI is InChI=1S/C15H22N2O3/c1-5-20-15(3,4)10-16-14(19)17-13-8-6-12(7-9-13)11(2)18/h6-9H,5,10H2,1-4H3,(H2,16,17,19). The molecule has 110 valence electrons. The van der Waals surface area contributed by atoms with Crippen molar-refractivity contribution in [3.63, 3.8) is 0 Å². The van der Waals surface area contributed by atoms with Crippen molar-refractivity contribution in [1.82, 2.24) is 5.32 Å². The quantitative estimate of drug-likeness (QED) is 0.786. The van der Waals surface area contributed by atoms with E-state index in [1.807, 2.05) is 20.8 Å². The Hall–Kier alpha value is -1.88. The first-order valence-corrected chi connectivity index (χ1v) is 6.64. The summed E-state index contributed by atoms with van der Waals surface area (Å²) in [4.78, 5) is 22.9. The number of anilines is 1. The van der Waals surface area contributed by atoms with E-state index in [9.17, 15) is 9.59 Å². The van der Waals surface area contributed by atoms with Crippen molar-refractivity contribution in [2.75, 3.05) is 18.5 Å². The van der Waals surface area contributed by atoms with Crippen LogP contribution >= 0.6 is 0 Å². The van der Waals surface area contributed by atoms with Gasteiger partial charge in [-0.25, -0.2) is 4.79 Å². The number of Topliss-reactive ketones (excluding diaryl/α,β-unsaturated/α-hetero) is 1. The number of carbonyl (C=O) groups excluding carboxylic acids is 2. The van der Waals surface area contributed by atoms with E-state index in [1.165, 1.54) is 6.92 Å². The molecule has 1 aromatic carbocycles. The lowest BCUT2D eigenvalue weighted by atomic mass is 10.1. The van der Waals surface area contributed by atoms with Gasteiger partial charge in [-0.3, -0.25) is 4.79 Å². The fourth-order valence-corrected chi connectivity index (χ4v) is 1.70. The molecule has 1 rings (SSSR count). The lowest BCUT2D eigenvalue weighted by molar-refractivity contribution is -0.00662. The SMILES string of the molecule is CCOC(C)(C)CNC(=O)Nc1ccc(C(C)=O)cc1. The normalized spacial score (nSPS) is 11.0. The maximum atomic E-state index is 11.7. The van der Waals surface area contributed by atoms with Crippen molar-refractivity contribution in [1.29, 1.82) is 0 Å². The molecule has 0 unspecified atom stereocenters.